The zero-order valence-corrected chi connectivity index (χ0v) is 10.9. The van der Waals surface area contributed by atoms with E-state index in [2.05, 4.69) is 12.2 Å². The van der Waals surface area contributed by atoms with Gasteiger partial charge in [0.1, 0.15) is 12.1 Å². The number of aliphatic hydroxyl groups excluding tert-OH is 1. The predicted molar refractivity (Wildman–Crippen MR) is 69.8 cm³/mol. The van der Waals surface area contributed by atoms with Gasteiger partial charge < -0.3 is 16.2 Å². The molecule has 0 saturated heterocycles. The highest BCUT2D eigenvalue weighted by Gasteiger charge is 2.24. The lowest BCUT2D eigenvalue weighted by atomic mass is 10.1. The van der Waals surface area contributed by atoms with Gasteiger partial charge in [-0.3, -0.25) is 4.79 Å². The quantitative estimate of drug-likeness (QED) is 0.646. The Morgan fingerprint density at radius 3 is 2.94 bits per heavy atom. The standard InChI is InChI=1S/C12H20N2O2S/c1-2-3-4-7-14-12(16)10(13)11(15)9-6-5-8-17-9/h5-6,8,10-11,15H,2-4,7,13H2,1H3,(H,14,16)/t10-,11+/m1/s1. The van der Waals surface area contributed by atoms with Gasteiger partial charge in [0.05, 0.1) is 0 Å². The number of unbranched alkanes of at least 4 members (excludes halogenated alkanes) is 2. The van der Waals surface area contributed by atoms with Gasteiger partial charge >= 0.3 is 0 Å². The van der Waals surface area contributed by atoms with Gasteiger partial charge in [-0.2, -0.15) is 0 Å². The van der Waals surface area contributed by atoms with Crippen LogP contribution in [-0.4, -0.2) is 23.6 Å². The minimum atomic E-state index is -0.916. The van der Waals surface area contributed by atoms with E-state index in [9.17, 15) is 9.90 Å². The molecule has 96 valence electrons. The number of nitrogens with one attached hydrogen (secondary N) is 1. The van der Waals surface area contributed by atoms with Gasteiger partial charge in [-0.1, -0.05) is 25.8 Å². The van der Waals surface area contributed by atoms with E-state index in [4.69, 9.17) is 5.73 Å². The second-order valence-electron chi connectivity index (χ2n) is 3.98. The van der Waals surface area contributed by atoms with Gasteiger partial charge in [0.2, 0.25) is 5.91 Å². The number of hydrogen-bond acceptors (Lipinski definition) is 4. The molecule has 0 aliphatic heterocycles. The molecule has 1 aromatic rings. The van der Waals surface area contributed by atoms with E-state index in [0.29, 0.717) is 6.54 Å². The third-order valence-corrected chi connectivity index (χ3v) is 3.50. The molecule has 1 aromatic heterocycles. The highest BCUT2D eigenvalue weighted by molar-refractivity contribution is 7.10. The van der Waals surface area contributed by atoms with Crippen molar-refractivity contribution in [3.63, 3.8) is 0 Å². The first kappa shape index (κ1) is 14.2. The Balaban J connectivity index is 2.36. The largest absolute Gasteiger partial charge is 0.385 e. The second-order valence-corrected chi connectivity index (χ2v) is 4.96. The predicted octanol–water partition coefficient (Wildman–Crippen LogP) is 1.42. The van der Waals surface area contributed by atoms with E-state index >= 15 is 0 Å². The monoisotopic (exact) mass is 256 g/mol. The summed E-state index contributed by atoms with van der Waals surface area (Å²) in [5.74, 6) is -0.290. The molecule has 0 bridgehead atoms. The number of rotatable bonds is 7. The first-order valence-corrected chi connectivity index (χ1v) is 6.79. The average molecular weight is 256 g/mol. The Bertz CT molecular complexity index is 327. The Morgan fingerprint density at radius 1 is 1.59 bits per heavy atom. The molecule has 17 heavy (non-hydrogen) atoms. The van der Waals surface area contributed by atoms with Crippen molar-refractivity contribution in [2.75, 3.05) is 6.54 Å². The Labute approximate surface area is 106 Å². The Morgan fingerprint density at radius 2 is 2.35 bits per heavy atom. The maximum atomic E-state index is 11.7. The van der Waals surface area contributed by atoms with E-state index in [1.807, 2.05) is 11.4 Å². The van der Waals surface area contributed by atoms with Crippen LogP contribution in [0.25, 0.3) is 0 Å². The summed E-state index contributed by atoms with van der Waals surface area (Å²) in [7, 11) is 0. The van der Waals surface area contributed by atoms with Crippen LogP contribution in [0.15, 0.2) is 17.5 Å². The van der Waals surface area contributed by atoms with Crippen molar-refractivity contribution in [1.82, 2.24) is 5.32 Å². The minimum Gasteiger partial charge on any atom is -0.385 e. The zero-order chi connectivity index (χ0) is 12.7. The Hall–Kier alpha value is -0.910. The van der Waals surface area contributed by atoms with Gasteiger partial charge in [-0.15, -0.1) is 11.3 Å². The molecule has 1 heterocycles. The molecule has 0 spiro atoms. The molecule has 0 saturated carbocycles. The van der Waals surface area contributed by atoms with Crippen LogP contribution in [0.4, 0.5) is 0 Å². The second kappa shape index (κ2) is 7.42. The van der Waals surface area contributed by atoms with Crippen molar-refractivity contribution in [1.29, 1.82) is 0 Å². The smallest absolute Gasteiger partial charge is 0.239 e. The minimum absolute atomic E-state index is 0.290. The molecule has 2 atom stereocenters. The first-order chi connectivity index (χ1) is 8.16. The molecular formula is C12H20N2O2S. The highest BCUT2D eigenvalue weighted by Crippen LogP contribution is 2.20. The fraction of sp³-hybridized carbons (Fsp3) is 0.583. The number of hydrogen-bond donors (Lipinski definition) is 3. The summed E-state index contributed by atoms with van der Waals surface area (Å²) < 4.78 is 0. The van der Waals surface area contributed by atoms with Crippen LogP contribution in [0.1, 0.15) is 37.2 Å². The van der Waals surface area contributed by atoms with Crippen LogP contribution >= 0.6 is 11.3 Å². The molecule has 0 fully saturated rings. The van der Waals surface area contributed by atoms with E-state index in [1.54, 1.807) is 6.07 Å². The van der Waals surface area contributed by atoms with E-state index in [0.717, 1.165) is 24.1 Å². The topological polar surface area (TPSA) is 75.4 Å². The first-order valence-electron chi connectivity index (χ1n) is 5.91. The van der Waals surface area contributed by atoms with Crippen molar-refractivity contribution < 1.29 is 9.90 Å². The maximum absolute atomic E-state index is 11.7. The number of carbonyl (C=O) groups excluding carboxylic acids is 1. The lowest BCUT2D eigenvalue weighted by molar-refractivity contribution is -0.124. The molecule has 4 N–H and O–H groups in total. The van der Waals surface area contributed by atoms with Gasteiger partial charge in [-0.25, -0.2) is 0 Å². The molecule has 5 heteroatoms. The van der Waals surface area contributed by atoms with E-state index in [1.165, 1.54) is 11.3 Å². The summed E-state index contributed by atoms with van der Waals surface area (Å²) in [6.07, 6.45) is 2.23. The lowest BCUT2D eigenvalue weighted by Gasteiger charge is -2.17. The molecule has 1 rings (SSSR count). The fourth-order valence-corrected chi connectivity index (χ4v) is 2.24. The van der Waals surface area contributed by atoms with Gasteiger partial charge in [0.15, 0.2) is 0 Å². The summed E-state index contributed by atoms with van der Waals surface area (Å²) in [5.41, 5.74) is 5.71. The van der Waals surface area contributed by atoms with Crippen LogP contribution in [0.5, 0.6) is 0 Å². The fourth-order valence-electron chi connectivity index (χ4n) is 1.48. The number of carbonyl (C=O) groups is 1. The summed E-state index contributed by atoms with van der Waals surface area (Å²) in [6.45, 7) is 2.73. The van der Waals surface area contributed by atoms with Crippen molar-refractivity contribution in [2.45, 2.75) is 38.3 Å². The van der Waals surface area contributed by atoms with Crippen molar-refractivity contribution in [2.24, 2.45) is 5.73 Å². The van der Waals surface area contributed by atoms with E-state index in [-0.39, 0.29) is 5.91 Å². The van der Waals surface area contributed by atoms with Gasteiger partial charge in [0, 0.05) is 11.4 Å². The molecule has 0 aromatic carbocycles. The van der Waals surface area contributed by atoms with Gasteiger partial charge in [-0.05, 0) is 17.9 Å². The molecule has 0 radical (unpaired) electrons. The average Bonchev–Trinajstić information content (AvgIpc) is 2.86. The summed E-state index contributed by atoms with van der Waals surface area (Å²) >= 11 is 1.40. The molecule has 4 nitrogen and oxygen atoms in total. The number of amides is 1. The van der Waals surface area contributed by atoms with Crippen LogP contribution in [0.2, 0.25) is 0 Å². The van der Waals surface area contributed by atoms with Crippen LogP contribution in [0.3, 0.4) is 0 Å². The van der Waals surface area contributed by atoms with Crippen molar-refractivity contribution in [3.8, 4) is 0 Å². The Kier molecular flexibility index (Phi) is 6.18. The number of nitrogens with two attached hydrogens (primary N) is 1. The van der Waals surface area contributed by atoms with Crippen LogP contribution in [0, 0.1) is 0 Å². The third-order valence-electron chi connectivity index (χ3n) is 2.56. The highest BCUT2D eigenvalue weighted by atomic mass is 32.1. The number of aliphatic hydroxyl groups is 1. The third kappa shape index (κ3) is 4.46. The summed E-state index contributed by atoms with van der Waals surface area (Å²) in [6, 6.07) is 2.71. The maximum Gasteiger partial charge on any atom is 0.239 e. The molecule has 1 amide bonds. The molecule has 0 unspecified atom stereocenters. The lowest BCUT2D eigenvalue weighted by Crippen LogP contribution is -2.44. The molecule has 0 aliphatic rings. The zero-order valence-electron chi connectivity index (χ0n) is 10.1. The van der Waals surface area contributed by atoms with Crippen LogP contribution in [-0.2, 0) is 4.79 Å². The van der Waals surface area contributed by atoms with Crippen molar-refractivity contribution in [3.05, 3.63) is 22.4 Å². The normalized spacial score (nSPS) is 14.3. The van der Waals surface area contributed by atoms with Gasteiger partial charge in [0.25, 0.3) is 0 Å². The number of thiophene rings is 1. The SMILES string of the molecule is CCCCCNC(=O)[C@H](N)[C@@H](O)c1cccs1. The van der Waals surface area contributed by atoms with Crippen LogP contribution < -0.4 is 11.1 Å². The molecular weight excluding hydrogens is 236 g/mol. The van der Waals surface area contributed by atoms with E-state index < -0.39 is 12.1 Å². The van der Waals surface area contributed by atoms with Crippen molar-refractivity contribution >= 4 is 17.2 Å². The molecule has 0 aliphatic carbocycles. The summed E-state index contributed by atoms with van der Waals surface area (Å²) in [5, 5.41) is 14.5. The summed E-state index contributed by atoms with van der Waals surface area (Å²) in [4.78, 5) is 12.4.